The van der Waals surface area contributed by atoms with Crippen molar-refractivity contribution in [1.82, 2.24) is 4.90 Å². The van der Waals surface area contributed by atoms with E-state index in [-0.39, 0.29) is 37.7 Å². The Hall–Kier alpha value is -3.65. The van der Waals surface area contributed by atoms with Crippen molar-refractivity contribution in [1.29, 1.82) is 0 Å². The number of alkyl halides is 3. The first-order valence-corrected chi connectivity index (χ1v) is 12.1. The fraction of sp³-hybridized carbons (Fsp3) is 0.276. The van der Waals surface area contributed by atoms with Crippen LogP contribution in [0, 0.1) is 5.82 Å². The molecule has 1 saturated heterocycles. The van der Waals surface area contributed by atoms with E-state index >= 15 is 0 Å². The smallest absolute Gasteiger partial charge is 0.419 e. The number of fused-ring (bicyclic) bond motifs is 5. The van der Waals surface area contributed by atoms with Crippen molar-refractivity contribution in [2.75, 3.05) is 19.8 Å². The van der Waals surface area contributed by atoms with Gasteiger partial charge in [-0.15, -0.1) is 0 Å². The number of carbonyl (C=O) groups is 1. The summed E-state index contributed by atoms with van der Waals surface area (Å²) >= 11 is 0. The molecule has 2 unspecified atom stereocenters. The summed E-state index contributed by atoms with van der Waals surface area (Å²) in [5.74, 6) is -1.39. The molecular weight excluding hydrogens is 486 g/mol. The number of ether oxygens (including phenoxy) is 2. The monoisotopic (exact) mass is 509 g/mol. The number of hydrogen-bond donors (Lipinski definition) is 0. The van der Waals surface area contributed by atoms with Crippen LogP contribution in [0.1, 0.15) is 34.6 Å². The third-order valence-electron chi connectivity index (χ3n) is 7.40. The molecule has 8 heteroatoms. The Morgan fingerprint density at radius 2 is 1.57 bits per heavy atom. The molecule has 3 aromatic carbocycles. The lowest BCUT2D eigenvalue weighted by molar-refractivity contribution is -0.140. The van der Waals surface area contributed by atoms with Crippen LogP contribution in [0.25, 0.3) is 16.7 Å². The number of nitrogens with zero attached hydrogens (tertiary/aromatic N) is 1. The van der Waals surface area contributed by atoms with E-state index in [0.717, 1.165) is 28.3 Å². The summed E-state index contributed by atoms with van der Waals surface area (Å²) in [6.07, 6.45) is -3.52. The van der Waals surface area contributed by atoms with Gasteiger partial charge in [-0.1, -0.05) is 66.7 Å². The zero-order valence-corrected chi connectivity index (χ0v) is 19.7. The topological polar surface area (TPSA) is 38.8 Å². The molecule has 0 saturated carbocycles. The maximum atomic E-state index is 14.8. The summed E-state index contributed by atoms with van der Waals surface area (Å²) in [6, 6.07) is 18.3. The maximum Gasteiger partial charge on any atom is 0.419 e. The summed E-state index contributed by atoms with van der Waals surface area (Å²) in [5.41, 5.74) is 3.48. The highest BCUT2D eigenvalue weighted by Gasteiger charge is 2.41. The van der Waals surface area contributed by atoms with Gasteiger partial charge in [-0.3, -0.25) is 4.90 Å². The van der Waals surface area contributed by atoms with Crippen LogP contribution in [0.5, 0.6) is 0 Å². The number of rotatable bonds is 3. The van der Waals surface area contributed by atoms with Crippen LogP contribution in [0.4, 0.5) is 22.4 Å². The molecule has 4 nitrogen and oxygen atoms in total. The van der Waals surface area contributed by atoms with Gasteiger partial charge < -0.3 is 9.47 Å². The molecule has 2 heterocycles. The standard InChI is InChI=1S/C29H23F4NO3/c30-27-20(10-5-11-26(27)29(31,32)33)17-12-18-14-36-15-19(13-17)34(18)28(35)37-16-25-23-8-3-1-6-21(23)22-7-2-4-9-24(22)25/h1-12,18-19,25H,13-16H2. The molecular formula is C29H23F4NO3. The largest absolute Gasteiger partial charge is 0.448 e. The molecule has 2 atom stereocenters. The summed E-state index contributed by atoms with van der Waals surface area (Å²) in [6.45, 7) is 0.506. The molecule has 2 aliphatic heterocycles. The molecule has 1 amide bonds. The van der Waals surface area contributed by atoms with E-state index in [9.17, 15) is 22.4 Å². The third-order valence-corrected chi connectivity index (χ3v) is 7.40. The van der Waals surface area contributed by atoms with Crippen LogP contribution in [0.3, 0.4) is 0 Å². The normalized spacial score (nSPS) is 20.8. The van der Waals surface area contributed by atoms with E-state index in [4.69, 9.17) is 9.47 Å². The highest BCUT2D eigenvalue weighted by Crippen LogP contribution is 2.45. The van der Waals surface area contributed by atoms with Crippen LogP contribution in [0.2, 0.25) is 0 Å². The molecule has 0 spiro atoms. The Morgan fingerprint density at radius 1 is 0.919 bits per heavy atom. The molecule has 0 radical (unpaired) electrons. The molecule has 1 aliphatic carbocycles. The lowest BCUT2D eigenvalue weighted by atomic mass is 9.89. The average Bonchev–Trinajstić information content (AvgIpc) is 3.19. The predicted octanol–water partition coefficient (Wildman–Crippen LogP) is 6.65. The van der Waals surface area contributed by atoms with Crippen molar-refractivity contribution in [3.05, 3.63) is 101 Å². The number of benzene rings is 3. The van der Waals surface area contributed by atoms with E-state index in [0.29, 0.717) is 5.57 Å². The van der Waals surface area contributed by atoms with Crippen LogP contribution in [0.15, 0.2) is 72.8 Å². The second-order valence-corrected chi connectivity index (χ2v) is 9.53. The third kappa shape index (κ3) is 4.09. The van der Waals surface area contributed by atoms with Gasteiger partial charge in [0.1, 0.15) is 12.4 Å². The minimum Gasteiger partial charge on any atom is -0.448 e. The van der Waals surface area contributed by atoms with E-state index in [1.165, 1.54) is 12.1 Å². The highest BCUT2D eigenvalue weighted by molar-refractivity contribution is 5.79. The van der Waals surface area contributed by atoms with Gasteiger partial charge in [0.05, 0.1) is 30.9 Å². The van der Waals surface area contributed by atoms with Gasteiger partial charge in [-0.05, 0) is 40.3 Å². The second-order valence-electron chi connectivity index (χ2n) is 9.53. The van der Waals surface area contributed by atoms with E-state index in [1.54, 1.807) is 11.0 Å². The lowest BCUT2D eigenvalue weighted by Gasteiger charge is -2.44. The van der Waals surface area contributed by atoms with Gasteiger partial charge in [0.2, 0.25) is 0 Å². The molecule has 2 bridgehead atoms. The Morgan fingerprint density at radius 3 is 2.22 bits per heavy atom. The number of hydrogen-bond acceptors (Lipinski definition) is 3. The summed E-state index contributed by atoms with van der Waals surface area (Å²) in [4.78, 5) is 14.9. The zero-order chi connectivity index (χ0) is 25.7. The number of morpholine rings is 1. The van der Waals surface area contributed by atoms with Crippen molar-refractivity contribution < 1.29 is 31.8 Å². The quantitative estimate of drug-likeness (QED) is 0.371. The number of amides is 1. The summed E-state index contributed by atoms with van der Waals surface area (Å²) in [7, 11) is 0. The van der Waals surface area contributed by atoms with Gasteiger partial charge in [0.25, 0.3) is 0 Å². The Bertz CT molecular complexity index is 1350. The van der Waals surface area contributed by atoms with Gasteiger partial charge in [0, 0.05) is 11.5 Å². The number of halogens is 4. The first-order chi connectivity index (χ1) is 17.8. The molecule has 3 aliphatic rings. The van der Waals surface area contributed by atoms with Gasteiger partial charge in [0.15, 0.2) is 0 Å². The second kappa shape index (κ2) is 9.03. The molecule has 6 rings (SSSR count). The first kappa shape index (κ1) is 23.7. The van der Waals surface area contributed by atoms with Gasteiger partial charge in [-0.25, -0.2) is 9.18 Å². The fourth-order valence-electron chi connectivity index (χ4n) is 5.75. The van der Waals surface area contributed by atoms with Crippen LogP contribution < -0.4 is 0 Å². The fourth-order valence-corrected chi connectivity index (χ4v) is 5.75. The van der Waals surface area contributed by atoms with Crippen LogP contribution >= 0.6 is 0 Å². The van der Waals surface area contributed by atoms with Crippen molar-refractivity contribution in [3.8, 4) is 11.1 Å². The molecule has 3 aromatic rings. The van der Waals surface area contributed by atoms with Gasteiger partial charge >= 0.3 is 12.3 Å². The molecule has 1 fully saturated rings. The van der Waals surface area contributed by atoms with E-state index < -0.39 is 35.7 Å². The highest BCUT2D eigenvalue weighted by atomic mass is 19.4. The summed E-state index contributed by atoms with van der Waals surface area (Å²) < 4.78 is 66.0. The van der Waals surface area contributed by atoms with Crippen LogP contribution in [-0.2, 0) is 15.7 Å². The Balaban J connectivity index is 1.23. The SMILES string of the molecule is O=C(OCC1c2ccccc2-c2ccccc21)N1C2C=C(c3cccc(C(F)(F)F)c3F)CC1COC2. The van der Waals surface area contributed by atoms with Crippen molar-refractivity contribution in [2.24, 2.45) is 0 Å². The molecule has 0 aromatic heterocycles. The van der Waals surface area contributed by atoms with Crippen molar-refractivity contribution in [3.63, 3.8) is 0 Å². The van der Waals surface area contributed by atoms with E-state index in [2.05, 4.69) is 12.1 Å². The maximum absolute atomic E-state index is 14.8. The molecule has 0 N–H and O–H groups in total. The zero-order valence-electron chi connectivity index (χ0n) is 19.7. The van der Waals surface area contributed by atoms with Crippen molar-refractivity contribution >= 4 is 11.7 Å². The lowest BCUT2D eigenvalue weighted by Crippen LogP contribution is -2.56. The molecule has 190 valence electrons. The average molecular weight is 509 g/mol. The van der Waals surface area contributed by atoms with E-state index in [1.807, 2.05) is 36.4 Å². The number of carbonyl (C=O) groups excluding carboxylic acids is 1. The Labute approximate surface area is 211 Å². The van der Waals surface area contributed by atoms with Gasteiger partial charge in [-0.2, -0.15) is 13.2 Å². The minimum absolute atomic E-state index is 0.0949. The van der Waals surface area contributed by atoms with Crippen LogP contribution in [-0.4, -0.2) is 42.9 Å². The first-order valence-electron chi connectivity index (χ1n) is 12.1. The van der Waals surface area contributed by atoms with Crippen molar-refractivity contribution in [2.45, 2.75) is 30.6 Å². The molecule has 37 heavy (non-hydrogen) atoms. The predicted molar refractivity (Wildman–Crippen MR) is 129 cm³/mol. The minimum atomic E-state index is -4.79. The Kier molecular flexibility index (Phi) is 5.79. The summed E-state index contributed by atoms with van der Waals surface area (Å²) in [5, 5.41) is 0.